The largest absolute Gasteiger partial charge is 0.419 e. The van der Waals surface area contributed by atoms with Crippen molar-refractivity contribution in [1.29, 1.82) is 0 Å². The highest BCUT2D eigenvalue weighted by atomic mass is 32.2. The van der Waals surface area contributed by atoms with Gasteiger partial charge >= 0.3 is 6.18 Å². The van der Waals surface area contributed by atoms with Gasteiger partial charge in [-0.05, 0) is 31.0 Å². The fourth-order valence-electron chi connectivity index (χ4n) is 3.02. The van der Waals surface area contributed by atoms with Crippen LogP contribution in [-0.2, 0) is 22.0 Å². The molecule has 2 aliphatic heterocycles. The van der Waals surface area contributed by atoms with Gasteiger partial charge in [-0.2, -0.15) is 13.2 Å². The number of alkyl halides is 3. The minimum Gasteiger partial charge on any atom is -0.308 e. The fourth-order valence-corrected chi connectivity index (χ4v) is 3.78. The van der Waals surface area contributed by atoms with Crippen molar-refractivity contribution < 1.29 is 26.6 Å². The number of rotatable bonds is 3. The van der Waals surface area contributed by atoms with Crippen molar-refractivity contribution in [1.82, 2.24) is 9.62 Å². The quantitative estimate of drug-likeness (QED) is 0.807. The Hall–Kier alpha value is -2.07. The van der Waals surface area contributed by atoms with Gasteiger partial charge in [0.2, 0.25) is 0 Å². The van der Waals surface area contributed by atoms with Crippen LogP contribution in [0.15, 0.2) is 35.2 Å². The van der Waals surface area contributed by atoms with Crippen LogP contribution in [0.2, 0.25) is 0 Å². The fraction of sp³-hybridized carbons (Fsp3) is 0.375. The Morgan fingerprint density at radius 2 is 1.96 bits per heavy atom. The first-order chi connectivity index (χ1) is 12.2. The van der Waals surface area contributed by atoms with Crippen LogP contribution in [0.5, 0.6) is 0 Å². The summed E-state index contributed by atoms with van der Waals surface area (Å²) in [5.74, 6) is -1.82. The van der Waals surface area contributed by atoms with E-state index in [1.54, 1.807) is 4.31 Å². The van der Waals surface area contributed by atoms with E-state index in [1.165, 1.54) is 5.41 Å². The molecule has 1 spiro atoms. The highest BCUT2D eigenvalue weighted by Crippen LogP contribution is 2.34. The van der Waals surface area contributed by atoms with Gasteiger partial charge in [-0.3, -0.25) is 9.79 Å². The summed E-state index contributed by atoms with van der Waals surface area (Å²) in [6.45, 7) is 4.12. The lowest BCUT2D eigenvalue weighted by molar-refractivity contribution is -0.140. The lowest BCUT2D eigenvalue weighted by atomic mass is 9.89. The zero-order valence-electron chi connectivity index (χ0n) is 13.5. The number of hydrogen-bond acceptors (Lipinski definition) is 3. The topological polar surface area (TPSA) is 61.8 Å². The maximum absolute atomic E-state index is 13.4. The lowest BCUT2D eigenvalue weighted by Crippen LogP contribution is -2.49. The van der Waals surface area contributed by atoms with Crippen molar-refractivity contribution in [2.24, 2.45) is 4.99 Å². The molecule has 140 valence electrons. The molecule has 3 rings (SSSR count). The molecule has 2 aliphatic rings. The number of carbonyl (C=O) groups excluding carboxylic acids is 1. The van der Waals surface area contributed by atoms with E-state index in [4.69, 9.17) is 0 Å². The molecule has 1 aromatic carbocycles. The third-order valence-corrected chi connectivity index (χ3v) is 5.63. The molecule has 2 heterocycles. The normalized spacial score (nSPS) is 21.4. The van der Waals surface area contributed by atoms with E-state index < -0.39 is 40.0 Å². The first-order valence-corrected chi connectivity index (χ1v) is 8.90. The van der Waals surface area contributed by atoms with E-state index in [9.17, 15) is 26.6 Å². The minimum absolute atomic E-state index is 0.0129. The second kappa shape index (κ2) is 6.58. The Morgan fingerprint density at radius 3 is 2.54 bits per heavy atom. The number of amidine groups is 1. The number of amides is 1. The monoisotopic (exact) mass is 389 g/mol. The van der Waals surface area contributed by atoms with Gasteiger partial charge in [-0.1, -0.05) is 6.58 Å². The van der Waals surface area contributed by atoms with Crippen LogP contribution in [0.4, 0.5) is 17.6 Å². The van der Waals surface area contributed by atoms with E-state index in [0.29, 0.717) is 25.2 Å². The van der Waals surface area contributed by atoms with Crippen LogP contribution in [0, 0.1) is 5.82 Å². The molecular weight excluding hydrogens is 374 g/mol. The van der Waals surface area contributed by atoms with E-state index >= 15 is 0 Å². The number of benzene rings is 1. The number of nitrogens with one attached hydrogen (secondary N) is 1. The van der Waals surface area contributed by atoms with Gasteiger partial charge in [-0.25, -0.2) is 12.9 Å². The molecule has 0 radical (unpaired) electrons. The van der Waals surface area contributed by atoms with E-state index in [2.05, 4.69) is 16.9 Å². The van der Waals surface area contributed by atoms with E-state index in [-0.39, 0.29) is 24.2 Å². The average Bonchev–Trinajstić information content (AvgIpc) is 2.90. The maximum atomic E-state index is 13.4. The summed E-state index contributed by atoms with van der Waals surface area (Å²) in [7, 11) is -1.35. The third-order valence-electron chi connectivity index (χ3n) is 4.47. The average molecular weight is 389 g/mol. The molecule has 1 fully saturated rings. The molecule has 0 aliphatic carbocycles. The molecular formula is C16H15F4N3O2S. The summed E-state index contributed by atoms with van der Waals surface area (Å²) in [5.41, 5.74) is -2.53. The SMILES string of the molecule is C=CS(=O)N1CCC2(CC1)N=C(c1ccc(F)c(C(F)(F)F)c1)NC2=O. The van der Waals surface area contributed by atoms with Gasteiger partial charge < -0.3 is 5.32 Å². The van der Waals surface area contributed by atoms with Crippen molar-refractivity contribution in [2.45, 2.75) is 24.6 Å². The third kappa shape index (κ3) is 3.30. The Balaban J connectivity index is 1.88. The summed E-state index contributed by atoms with van der Waals surface area (Å²) in [4.78, 5) is 16.7. The lowest BCUT2D eigenvalue weighted by Gasteiger charge is -2.33. The second-order valence-electron chi connectivity index (χ2n) is 6.01. The van der Waals surface area contributed by atoms with Gasteiger partial charge in [0.15, 0.2) is 0 Å². The summed E-state index contributed by atoms with van der Waals surface area (Å²) in [6.07, 6.45) is -4.30. The van der Waals surface area contributed by atoms with Gasteiger partial charge in [0, 0.05) is 24.1 Å². The standard InChI is InChI=1S/C16H15F4N3O2S/c1-2-26(25)23-7-5-15(6-8-23)14(24)21-13(22-15)10-3-4-12(17)11(9-10)16(18,19)20/h2-4,9H,1,5-8H2,(H,21,22,24). The highest BCUT2D eigenvalue weighted by molar-refractivity contribution is 7.85. The number of halogens is 4. The zero-order valence-corrected chi connectivity index (χ0v) is 14.3. The number of aliphatic imine (C=N–C) groups is 1. The van der Waals surface area contributed by atoms with Gasteiger partial charge in [0.25, 0.3) is 5.91 Å². The number of hydrogen-bond donors (Lipinski definition) is 1. The molecule has 1 atom stereocenters. The van der Waals surface area contributed by atoms with Crippen LogP contribution in [0.25, 0.3) is 0 Å². The predicted octanol–water partition coefficient (Wildman–Crippen LogP) is 2.36. The number of piperidine rings is 1. The first kappa shape index (κ1) is 18.7. The molecule has 10 heteroatoms. The van der Waals surface area contributed by atoms with Gasteiger partial charge in [0.1, 0.15) is 28.2 Å². The Labute approximate surface area is 149 Å². The van der Waals surface area contributed by atoms with Crippen LogP contribution >= 0.6 is 0 Å². The second-order valence-corrected chi connectivity index (χ2v) is 7.41. The maximum Gasteiger partial charge on any atom is 0.419 e. The Bertz CT molecular complexity index is 814. The van der Waals surface area contributed by atoms with Gasteiger partial charge in [0.05, 0.1) is 5.56 Å². The zero-order chi connectivity index (χ0) is 19.1. The van der Waals surface area contributed by atoms with E-state index in [0.717, 1.165) is 6.07 Å². The van der Waals surface area contributed by atoms with Crippen molar-refractivity contribution >= 4 is 22.7 Å². The number of carbonyl (C=O) groups is 1. The van der Waals surface area contributed by atoms with Crippen molar-refractivity contribution in [3.8, 4) is 0 Å². The molecule has 1 N–H and O–H groups in total. The first-order valence-electron chi connectivity index (χ1n) is 7.73. The van der Waals surface area contributed by atoms with Gasteiger partial charge in [-0.15, -0.1) is 0 Å². The number of nitrogens with zero attached hydrogens (tertiary/aromatic N) is 2. The molecule has 1 aromatic rings. The molecule has 5 nitrogen and oxygen atoms in total. The van der Waals surface area contributed by atoms with Crippen LogP contribution in [-0.4, -0.2) is 38.9 Å². The van der Waals surface area contributed by atoms with Crippen LogP contribution < -0.4 is 5.32 Å². The Kier molecular flexibility index (Phi) is 4.74. The molecule has 26 heavy (non-hydrogen) atoms. The van der Waals surface area contributed by atoms with Crippen molar-refractivity contribution in [3.05, 3.63) is 47.1 Å². The highest BCUT2D eigenvalue weighted by Gasteiger charge is 2.46. The Morgan fingerprint density at radius 1 is 1.31 bits per heavy atom. The molecule has 0 aromatic heterocycles. The molecule has 1 saturated heterocycles. The summed E-state index contributed by atoms with van der Waals surface area (Å²) in [5, 5.41) is 3.78. The summed E-state index contributed by atoms with van der Waals surface area (Å²) in [6, 6.07) is 2.48. The molecule has 0 bridgehead atoms. The summed E-state index contributed by atoms with van der Waals surface area (Å²) < 4.78 is 65.5. The predicted molar refractivity (Wildman–Crippen MR) is 88.0 cm³/mol. The smallest absolute Gasteiger partial charge is 0.308 e. The molecule has 1 amide bonds. The van der Waals surface area contributed by atoms with Crippen LogP contribution in [0.1, 0.15) is 24.0 Å². The molecule has 1 unspecified atom stereocenters. The minimum atomic E-state index is -4.85. The van der Waals surface area contributed by atoms with Crippen molar-refractivity contribution in [3.63, 3.8) is 0 Å². The van der Waals surface area contributed by atoms with E-state index in [1.807, 2.05) is 0 Å². The van der Waals surface area contributed by atoms with Crippen LogP contribution in [0.3, 0.4) is 0 Å². The van der Waals surface area contributed by atoms with Crippen molar-refractivity contribution in [2.75, 3.05) is 13.1 Å². The molecule has 0 saturated carbocycles. The summed E-state index contributed by atoms with van der Waals surface area (Å²) >= 11 is 0.